The number of hydrogen-bond donors (Lipinski definition) is 1. The molecule has 1 amide bonds. The molecule has 0 bridgehead atoms. The first-order chi connectivity index (χ1) is 8.56. The third-order valence-electron chi connectivity index (χ3n) is 3.84. The lowest BCUT2D eigenvalue weighted by atomic mass is 9.86. The van der Waals surface area contributed by atoms with Gasteiger partial charge >= 0.3 is 0 Å². The van der Waals surface area contributed by atoms with Crippen molar-refractivity contribution in [2.45, 2.75) is 50.4 Å². The van der Waals surface area contributed by atoms with Crippen molar-refractivity contribution in [1.29, 1.82) is 0 Å². The molecule has 1 saturated heterocycles. The fourth-order valence-corrected chi connectivity index (χ4v) is 3.86. The minimum absolute atomic E-state index is 0.0763. The molecule has 1 saturated carbocycles. The summed E-state index contributed by atoms with van der Waals surface area (Å²) in [6.45, 7) is 2.87. The molecular formula is C13H21NO3S. The zero-order valence-electron chi connectivity index (χ0n) is 10.8. The number of aliphatic hydroxyl groups is 1. The second-order valence-corrected chi connectivity index (χ2v) is 6.82. The molecule has 0 aromatic heterocycles. The van der Waals surface area contributed by atoms with Crippen molar-refractivity contribution in [3.8, 4) is 0 Å². The number of aliphatic hydroxyl groups excluding tert-OH is 1. The minimum Gasteiger partial charge on any atom is -0.393 e. The van der Waals surface area contributed by atoms with E-state index in [4.69, 9.17) is 0 Å². The second kappa shape index (κ2) is 6.06. The molecule has 1 aliphatic carbocycles. The number of thioether (sulfide) groups is 1. The Bertz CT molecular complexity index is 334. The first-order valence-electron chi connectivity index (χ1n) is 6.69. The summed E-state index contributed by atoms with van der Waals surface area (Å²) in [5.41, 5.74) is 0. The summed E-state index contributed by atoms with van der Waals surface area (Å²) < 4.78 is 0. The van der Waals surface area contributed by atoms with Gasteiger partial charge in [0.2, 0.25) is 5.91 Å². The monoisotopic (exact) mass is 271 g/mol. The van der Waals surface area contributed by atoms with Crippen LogP contribution in [0.2, 0.25) is 0 Å². The summed E-state index contributed by atoms with van der Waals surface area (Å²) in [4.78, 5) is 24.7. The maximum atomic E-state index is 11.9. The van der Waals surface area contributed by atoms with Crippen molar-refractivity contribution in [3.63, 3.8) is 0 Å². The molecule has 0 aromatic carbocycles. The van der Waals surface area contributed by atoms with E-state index in [9.17, 15) is 14.7 Å². The number of amides is 1. The summed E-state index contributed by atoms with van der Waals surface area (Å²) in [6.07, 6.45) is 4.32. The van der Waals surface area contributed by atoms with Crippen LogP contribution in [0.25, 0.3) is 0 Å². The van der Waals surface area contributed by atoms with Gasteiger partial charge in [-0.1, -0.05) is 24.6 Å². The highest BCUT2D eigenvalue weighted by Crippen LogP contribution is 2.29. The Morgan fingerprint density at radius 1 is 1.44 bits per heavy atom. The van der Waals surface area contributed by atoms with Gasteiger partial charge in [0, 0.05) is 37.6 Å². The van der Waals surface area contributed by atoms with E-state index in [1.165, 1.54) is 11.8 Å². The van der Waals surface area contributed by atoms with Gasteiger partial charge in [0.05, 0.1) is 6.10 Å². The summed E-state index contributed by atoms with van der Waals surface area (Å²) >= 11 is 1.27. The van der Waals surface area contributed by atoms with Crippen molar-refractivity contribution < 1.29 is 14.7 Å². The molecule has 1 N–H and O–H groups in total. The summed E-state index contributed by atoms with van der Waals surface area (Å²) in [6, 6.07) is 0. The van der Waals surface area contributed by atoms with Gasteiger partial charge in [-0.15, -0.1) is 0 Å². The van der Waals surface area contributed by atoms with Crippen molar-refractivity contribution in [2.24, 2.45) is 5.92 Å². The van der Waals surface area contributed by atoms with Gasteiger partial charge in [-0.3, -0.25) is 9.59 Å². The summed E-state index contributed by atoms with van der Waals surface area (Å²) in [5.74, 6) is 0.357. The molecule has 2 aliphatic rings. The largest absolute Gasteiger partial charge is 0.393 e. The topological polar surface area (TPSA) is 57.6 Å². The number of carbonyl (C=O) groups is 2. The highest BCUT2D eigenvalue weighted by molar-refractivity contribution is 8.14. The fourth-order valence-electron chi connectivity index (χ4n) is 2.91. The Morgan fingerprint density at radius 2 is 2.17 bits per heavy atom. The molecule has 3 unspecified atom stereocenters. The number of likely N-dealkylation sites (tertiary alicyclic amines) is 1. The molecule has 102 valence electrons. The maximum Gasteiger partial charge on any atom is 0.223 e. The van der Waals surface area contributed by atoms with Crippen molar-refractivity contribution in [3.05, 3.63) is 0 Å². The van der Waals surface area contributed by atoms with Gasteiger partial charge in [0.25, 0.3) is 0 Å². The molecule has 0 spiro atoms. The highest BCUT2D eigenvalue weighted by atomic mass is 32.2. The van der Waals surface area contributed by atoms with E-state index in [-0.39, 0.29) is 28.3 Å². The lowest BCUT2D eigenvalue weighted by Crippen LogP contribution is -2.37. The lowest BCUT2D eigenvalue weighted by Gasteiger charge is -2.31. The van der Waals surface area contributed by atoms with Crippen LogP contribution < -0.4 is 0 Å². The van der Waals surface area contributed by atoms with E-state index in [2.05, 4.69) is 0 Å². The molecule has 1 aliphatic heterocycles. The van der Waals surface area contributed by atoms with Gasteiger partial charge in [-0.25, -0.2) is 0 Å². The number of rotatable bonds is 3. The standard InChI is InChI=1S/C13H21NO3S/c1-9(15)18-11-6-13(17)14(8-11)7-10-4-2-3-5-12(10)16/h10-12,16H,2-8H2,1H3. The zero-order chi connectivity index (χ0) is 13.1. The van der Waals surface area contributed by atoms with E-state index in [0.29, 0.717) is 19.5 Å². The molecule has 2 fully saturated rings. The van der Waals surface area contributed by atoms with E-state index in [1.807, 2.05) is 4.90 Å². The molecule has 2 rings (SSSR count). The normalized spacial score (nSPS) is 32.9. The molecule has 0 radical (unpaired) electrons. The fraction of sp³-hybridized carbons (Fsp3) is 0.846. The van der Waals surface area contributed by atoms with Gasteiger partial charge in [-0.2, -0.15) is 0 Å². The van der Waals surface area contributed by atoms with Crippen LogP contribution in [-0.4, -0.2) is 45.5 Å². The van der Waals surface area contributed by atoms with Crippen molar-refractivity contribution >= 4 is 22.8 Å². The SMILES string of the molecule is CC(=O)SC1CC(=O)N(CC2CCCCC2O)C1. The number of carbonyl (C=O) groups excluding carboxylic acids is 2. The Kier molecular flexibility index (Phi) is 4.67. The molecule has 0 aromatic rings. The first kappa shape index (κ1) is 13.9. The third-order valence-corrected chi connectivity index (χ3v) is 4.82. The predicted octanol–water partition coefficient (Wildman–Crippen LogP) is 1.42. The second-order valence-electron chi connectivity index (χ2n) is 5.35. The molecule has 18 heavy (non-hydrogen) atoms. The molecular weight excluding hydrogens is 250 g/mol. The Labute approximate surface area is 112 Å². The minimum atomic E-state index is -0.258. The van der Waals surface area contributed by atoms with E-state index < -0.39 is 0 Å². The Morgan fingerprint density at radius 3 is 2.83 bits per heavy atom. The molecule has 5 heteroatoms. The predicted molar refractivity (Wildman–Crippen MR) is 71.2 cm³/mol. The van der Waals surface area contributed by atoms with Crippen LogP contribution in [0.15, 0.2) is 0 Å². The van der Waals surface area contributed by atoms with Crippen LogP contribution in [0.4, 0.5) is 0 Å². The maximum absolute atomic E-state index is 11.9. The van der Waals surface area contributed by atoms with Gasteiger partial charge in [-0.05, 0) is 12.8 Å². The highest BCUT2D eigenvalue weighted by Gasteiger charge is 2.34. The lowest BCUT2D eigenvalue weighted by molar-refractivity contribution is -0.128. The Balaban J connectivity index is 1.85. The molecule has 4 nitrogen and oxygen atoms in total. The Hall–Kier alpha value is -0.550. The quantitative estimate of drug-likeness (QED) is 0.843. The van der Waals surface area contributed by atoms with Crippen LogP contribution in [0, 0.1) is 5.92 Å². The van der Waals surface area contributed by atoms with Crippen LogP contribution in [0.5, 0.6) is 0 Å². The molecule has 3 atom stereocenters. The average molecular weight is 271 g/mol. The van der Waals surface area contributed by atoms with Crippen LogP contribution in [-0.2, 0) is 9.59 Å². The number of nitrogens with zero attached hydrogens (tertiary/aromatic N) is 1. The van der Waals surface area contributed by atoms with Crippen molar-refractivity contribution in [1.82, 2.24) is 4.90 Å². The van der Waals surface area contributed by atoms with E-state index in [1.54, 1.807) is 6.92 Å². The van der Waals surface area contributed by atoms with Crippen LogP contribution >= 0.6 is 11.8 Å². The van der Waals surface area contributed by atoms with Crippen LogP contribution in [0.1, 0.15) is 39.0 Å². The van der Waals surface area contributed by atoms with Gasteiger partial charge < -0.3 is 10.0 Å². The van der Waals surface area contributed by atoms with E-state index in [0.717, 1.165) is 25.7 Å². The smallest absolute Gasteiger partial charge is 0.223 e. The summed E-state index contributed by atoms with van der Waals surface area (Å²) in [7, 11) is 0. The number of hydrogen-bond acceptors (Lipinski definition) is 4. The third kappa shape index (κ3) is 3.48. The average Bonchev–Trinajstić information content (AvgIpc) is 2.61. The van der Waals surface area contributed by atoms with Crippen LogP contribution in [0.3, 0.4) is 0 Å². The first-order valence-corrected chi connectivity index (χ1v) is 7.57. The molecule has 1 heterocycles. The van der Waals surface area contributed by atoms with Crippen molar-refractivity contribution in [2.75, 3.05) is 13.1 Å². The van der Waals surface area contributed by atoms with Gasteiger partial charge in [0.15, 0.2) is 5.12 Å². The zero-order valence-corrected chi connectivity index (χ0v) is 11.6. The van der Waals surface area contributed by atoms with Gasteiger partial charge in [0.1, 0.15) is 0 Å². The van der Waals surface area contributed by atoms with E-state index >= 15 is 0 Å². The summed E-state index contributed by atoms with van der Waals surface area (Å²) in [5, 5.41) is 10.1.